The Morgan fingerprint density at radius 3 is 2.07 bits per heavy atom. The fraction of sp³-hybridized carbons (Fsp3) is 0.211. The van der Waals surface area contributed by atoms with Crippen LogP contribution in [0.25, 0.3) is 0 Å². The molecule has 0 aromatic heterocycles. The van der Waals surface area contributed by atoms with Crippen molar-refractivity contribution in [3.8, 4) is 17.2 Å². The maximum absolute atomic E-state index is 12.3. The molecule has 1 amide bonds. The Labute approximate surface area is 156 Å². The van der Waals surface area contributed by atoms with Gasteiger partial charge in [0.1, 0.15) is 23.9 Å². The fourth-order valence-electron chi connectivity index (χ4n) is 2.14. The third kappa shape index (κ3) is 5.74. The van der Waals surface area contributed by atoms with Crippen molar-refractivity contribution in [2.45, 2.75) is 6.92 Å². The van der Waals surface area contributed by atoms with Gasteiger partial charge in [-0.25, -0.2) is 5.43 Å². The molecule has 0 bridgehead atoms. The van der Waals surface area contributed by atoms with Crippen LogP contribution in [0.1, 0.15) is 22.8 Å². The Balaban J connectivity index is 2.06. The molecular formula is C19H19N2O6-. The lowest BCUT2D eigenvalue weighted by Gasteiger charge is -2.09. The van der Waals surface area contributed by atoms with Crippen LogP contribution in [-0.4, -0.2) is 38.4 Å². The Morgan fingerprint density at radius 1 is 0.963 bits per heavy atom. The summed E-state index contributed by atoms with van der Waals surface area (Å²) in [7, 11) is 3.00. The second-order valence-electron chi connectivity index (χ2n) is 5.42. The van der Waals surface area contributed by atoms with Gasteiger partial charge in [0.05, 0.1) is 25.9 Å². The molecule has 1 N–H and O–H groups in total. The van der Waals surface area contributed by atoms with Gasteiger partial charge in [0.2, 0.25) is 0 Å². The Hall–Kier alpha value is -3.55. The third-order valence-electron chi connectivity index (χ3n) is 3.57. The summed E-state index contributed by atoms with van der Waals surface area (Å²) in [5, 5.41) is 14.5. The highest BCUT2D eigenvalue weighted by Gasteiger charge is 2.09. The molecule has 0 aliphatic heterocycles. The predicted octanol–water partition coefficient (Wildman–Crippen LogP) is 0.986. The fourth-order valence-corrected chi connectivity index (χ4v) is 2.14. The molecule has 0 heterocycles. The summed E-state index contributed by atoms with van der Waals surface area (Å²) in [5.74, 6) is -0.336. The first-order valence-corrected chi connectivity index (χ1v) is 7.93. The highest BCUT2D eigenvalue weighted by molar-refractivity contribution is 6.01. The summed E-state index contributed by atoms with van der Waals surface area (Å²) in [6.07, 6.45) is 0. The van der Waals surface area contributed by atoms with Crippen molar-refractivity contribution in [2.75, 3.05) is 20.8 Å². The molecule has 0 saturated heterocycles. The normalized spacial score (nSPS) is 10.9. The Morgan fingerprint density at radius 2 is 1.56 bits per heavy atom. The first-order valence-electron chi connectivity index (χ1n) is 7.93. The third-order valence-corrected chi connectivity index (χ3v) is 3.57. The molecule has 2 rings (SSSR count). The van der Waals surface area contributed by atoms with Crippen molar-refractivity contribution in [3.05, 3.63) is 53.6 Å². The van der Waals surface area contributed by atoms with Gasteiger partial charge in [-0.1, -0.05) is 0 Å². The van der Waals surface area contributed by atoms with Crippen LogP contribution in [0.15, 0.2) is 47.6 Å². The van der Waals surface area contributed by atoms with Gasteiger partial charge in [-0.3, -0.25) is 4.79 Å². The number of hydrazone groups is 1. The summed E-state index contributed by atoms with van der Waals surface area (Å²) in [5.41, 5.74) is 4.11. The van der Waals surface area contributed by atoms with E-state index in [1.807, 2.05) is 0 Å². The minimum absolute atomic E-state index is 0.341. The van der Waals surface area contributed by atoms with E-state index >= 15 is 0 Å². The molecule has 0 spiro atoms. The maximum atomic E-state index is 12.3. The zero-order chi connectivity index (χ0) is 19.8. The minimum Gasteiger partial charge on any atom is -0.546 e. The first kappa shape index (κ1) is 19.8. The summed E-state index contributed by atoms with van der Waals surface area (Å²) in [6.45, 7) is 1.20. The molecule has 2 aromatic carbocycles. The van der Waals surface area contributed by atoms with Crippen molar-refractivity contribution < 1.29 is 28.9 Å². The van der Waals surface area contributed by atoms with Crippen molar-refractivity contribution in [1.29, 1.82) is 0 Å². The van der Waals surface area contributed by atoms with Gasteiger partial charge in [-0.05, 0) is 48.9 Å². The van der Waals surface area contributed by atoms with Gasteiger partial charge >= 0.3 is 0 Å². The average molecular weight is 371 g/mol. The van der Waals surface area contributed by atoms with E-state index < -0.39 is 18.5 Å². The number of methoxy groups -OCH3 is 2. The van der Waals surface area contributed by atoms with E-state index in [9.17, 15) is 14.7 Å². The van der Waals surface area contributed by atoms with Crippen LogP contribution in [0.4, 0.5) is 0 Å². The van der Waals surface area contributed by atoms with Crippen LogP contribution in [-0.2, 0) is 4.79 Å². The van der Waals surface area contributed by atoms with Crippen molar-refractivity contribution in [2.24, 2.45) is 5.10 Å². The number of carbonyl (C=O) groups is 2. The number of hydrogen-bond donors (Lipinski definition) is 1. The molecule has 0 fully saturated rings. The number of aliphatic carboxylic acids is 1. The van der Waals surface area contributed by atoms with Crippen LogP contribution in [0, 0.1) is 0 Å². The average Bonchev–Trinajstić information content (AvgIpc) is 2.69. The molecule has 2 aromatic rings. The molecule has 0 saturated carbocycles. The second kappa shape index (κ2) is 9.23. The van der Waals surface area contributed by atoms with E-state index in [1.165, 1.54) is 14.2 Å². The number of carboxylic acid groups (broad SMARTS) is 1. The number of nitrogens with zero attached hydrogens (tertiary/aromatic N) is 1. The lowest BCUT2D eigenvalue weighted by atomic mass is 10.1. The van der Waals surface area contributed by atoms with E-state index in [4.69, 9.17) is 14.2 Å². The first-order chi connectivity index (χ1) is 12.9. The maximum Gasteiger partial charge on any atom is 0.271 e. The van der Waals surface area contributed by atoms with Gasteiger partial charge in [-0.15, -0.1) is 0 Å². The Bertz CT molecular complexity index is 824. The van der Waals surface area contributed by atoms with Crippen LogP contribution in [0.3, 0.4) is 0 Å². The van der Waals surface area contributed by atoms with Gasteiger partial charge < -0.3 is 24.1 Å². The van der Waals surface area contributed by atoms with Crippen molar-refractivity contribution in [3.63, 3.8) is 0 Å². The second-order valence-corrected chi connectivity index (χ2v) is 5.42. The highest BCUT2D eigenvalue weighted by atomic mass is 16.5. The lowest BCUT2D eigenvalue weighted by Crippen LogP contribution is -2.28. The number of carboxylic acids is 1. The van der Waals surface area contributed by atoms with Crippen LogP contribution >= 0.6 is 0 Å². The minimum atomic E-state index is -1.30. The van der Waals surface area contributed by atoms with Crippen LogP contribution < -0.4 is 24.7 Å². The molecule has 8 nitrogen and oxygen atoms in total. The zero-order valence-corrected chi connectivity index (χ0v) is 15.1. The smallest absolute Gasteiger partial charge is 0.271 e. The molecule has 0 radical (unpaired) electrons. The lowest BCUT2D eigenvalue weighted by molar-refractivity contribution is -0.307. The summed E-state index contributed by atoms with van der Waals surface area (Å²) >= 11 is 0. The summed E-state index contributed by atoms with van der Waals surface area (Å²) in [6, 6.07) is 11.4. The number of rotatable bonds is 8. The van der Waals surface area contributed by atoms with E-state index in [0.29, 0.717) is 28.5 Å². The number of amides is 1. The van der Waals surface area contributed by atoms with Crippen LogP contribution in [0.5, 0.6) is 17.2 Å². The predicted molar refractivity (Wildman–Crippen MR) is 96.2 cm³/mol. The molecule has 0 unspecified atom stereocenters. The number of hydrogen-bond acceptors (Lipinski definition) is 7. The molecule has 0 aliphatic rings. The molecule has 0 atom stereocenters. The molecule has 142 valence electrons. The quantitative estimate of drug-likeness (QED) is 0.547. The number of carbonyl (C=O) groups excluding carboxylic acids is 2. The van der Waals surface area contributed by atoms with E-state index in [2.05, 4.69) is 10.5 Å². The summed E-state index contributed by atoms with van der Waals surface area (Å²) in [4.78, 5) is 22.7. The topological polar surface area (TPSA) is 109 Å². The van der Waals surface area contributed by atoms with E-state index in [1.54, 1.807) is 49.4 Å². The zero-order valence-electron chi connectivity index (χ0n) is 15.1. The largest absolute Gasteiger partial charge is 0.546 e. The molecule has 0 aliphatic carbocycles. The van der Waals surface area contributed by atoms with Gasteiger partial charge in [0, 0.05) is 11.6 Å². The van der Waals surface area contributed by atoms with Crippen molar-refractivity contribution >= 4 is 17.6 Å². The monoisotopic (exact) mass is 371 g/mol. The number of nitrogens with one attached hydrogen (secondary N) is 1. The molecule has 27 heavy (non-hydrogen) atoms. The van der Waals surface area contributed by atoms with Gasteiger partial charge in [0.25, 0.3) is 5.91 Å². The molecule has 8 heteroatoms. The van der Waals surface area contributed by atoms with Gasteiger partial charge in [0.15, 0.2) is 0 Å². The SMILES string of the molecule is COc1cc(OC)cc(C(=O)N/N=C(/C)c2ccc(OCC(=O)[O-])cc2)c1. The van der Waals surface area contributed by atoms with E-state index in [0.717, 1.165) is 5.56 Å². The highest BCUT2D eigenvalue weighted by Crippen LogP contribution is 2.22. The summed E-state index contributed by atoms with van der Waals surface area (Å²) < 4.78 is 15.3. The number of ether oxygens (including phenoxy) is 3. The van der Waals surface area contributed by atoms with Crippen LogP contribution in [0.2, 0.25) is 0 Å². The standard InChI is InChI=1S/C19H20N2O6/c1-12(13-4-6-15(7-5-13)27-11-18(22)23)20-21-19(24)14-8-16(25-2)10-17(9-14)26-3/h4-10H,11H2,1-3H3,(H,21,24)(H,22,23)/p-1/b20-12-. The van der Waals surface area contributed by atoms with E-state index in [-0.39, 0.29) is 0 Å². The molecular weight excluding hydrogens is 352 g/mol. The van der Waals surface area contributed by atoms with Gasteiger partial charge in [-0.2, -0.15) is 5.10 Å². The van der Waals surface area contributed by atoms with Crippen molar-refractivity contribution in [1.82, 2.24) is 5.43 Å². The number of benzene rings is 2. The Kier molecular flexibility index (Phi) is 6.76.